The first-order chi connectivity index (χ1) is 8.45. The van der Waals surface area contributed by atoms with Crippen LogP contribution in [-0.4, -0.2) is 29.5 Å². The van der Waals surface area contributed by atoms with E-state index >= 15 is 0 Å². The normalized spacial score (nSPS) is 11.4. The van der Waals surface area contributed by atoms with Gasteiger partial charge in [0.15, 0.2) is 5.69 Å². The summed E-state index contributed by atoms with van der Waals surface area (Å²) in [5, 5.41) is 6.50. The van der Waals surface area contributed by atoms with Crippen LogP contribution in [0.15, 0.2) is 6.07 Å². The van der Waals surface area contributed by atoms with Gasteiger partial charge in [-0.2, -0.15) is 18.3 Å². The molecule has 1 aromatic rings. The van der Waals surface area contributed by atoms with Gasteiger partial charge in [-0.1, -0.05) is 0 Å². The molecule has 0 spiro atoms. The molecule has 0 aromatic carbocycles. The predicted octanol–water partition coefficient (Wildman–Crippen LogP) is 2.38. The molecule has 1 heterocycles. The summed E-state index contributed by atoms with van der Waals surface area (Å²) < 4.78 is 43.6. The fourth-order valence-corrected chi connectivity index (χ4v) is 1.47. The fourth-order valence-electron chi connectivity index (χ4n) is 1.47. The molecule has 0 aliphatic heterocycles. The van der Waals surface area contributed by atoms with Crippen LogP contribution in [0.1, 0.15) is 24.7 Å². The molecule has 0 bridgehead atoms. The van der Waals surface area contributed by atoms with Crippen molar-refractivity contribution in [3.63, 3.8) is 0 Å². The van der Waals surface area contributed by atoms with E-state index in [-0.39, 0.29) is 12.4 Å². The van der Waals surface area contributed by atoms with E-state index in [9.17, 15) is 13.2 Å². The first kappa shape index (κ1) is 18.2. The molecule has 0 atom stereocenters. The average Bonchev–Trinajstić information content (AvgIpc) is 2.65. The summed E-state index contributed by atoms with van der Waals surface area (Å²) in [5.74, 6) is 0. The number of aryl methyl sites for hydroxylation is 1. The fraction of sp³-hybridized carbons (Fsp3) is 0.727. The van der Waals surface area contributed by atoms with Crippen LogP contribution in [0, 0.1) is 0 Å². The van der Waals surface area contributed by atoms with Crippen molar-refractivity contribution in [2.45, 2.75) is 26.1 Å². The quantitative estimate of drug-likeness (QED) is 0.786. The van der Waals surface area contributed by atoms with Gasteiger partial charge in [0.2, 0.25) is 0 Å². The van der Waals surface area contributed by atoms with E-state index in [0.29, 0.717) is 32.0 Å². The topological polar surface area (TPSA) is 39.1 Å². The van der Waals surface area contributed by atoms with Crippen LogP contribution in [0.3, 0.4) is 0 Å². The molecule has 0 aliphatic rings. The summed E-state index contributed by atoms with van der Waals surface area (Å²) in [6.45, 7) is 4.32. The number of hydrogen-bond acceptors (Lipinski definition) is 3. The number of halogens is 4. The Morgan fingerprint density at radius 3 is 2.63 bits per heavy atom. The zero-order valence-electron chi connectivity index (χ0n) is 11.0. The number of nitrogens with zero attached hydrogens (tertiary/aromatic N) is 2. The lowest BCUT2D eigenvalue weighted by Crippen LogP contribution is -2.18. The van der Waals surface area contributed by atoms with Crippen LogP contribution in [0.25, 0.3) is 0 Å². The standard InChI is InChI=1S/C11H18F3N3O.ClH/c1-3-18-6-4-5-15-8-9-7-10(11(12,13)14)16-17(9)2;/h7,15H,3-6,8H2,1-2H3;1H. The summed E-state index contributed by atoms with van der Waals surface area (Å²) >= 11 is 0. The number of ether oxygens (including phenoxy) is 1. The molecule has 0 amide bonds. The Balaban J connectivity index is 0.00000324. The van der Waals surface area contributed by atoms with E-state index in [1.807, 2.05) is 6.92 Å². The molecule has 1 N–H and O–H groups in total. The molecule has 0 aliphatic carbocycles. The van der Waals surface area contributed by atoms with Gasteiger partial charge in [-0.3, -0.25) is 4.68 Å². The lowest BCUT2D eigenvalue weighted by atomic mass is 10.3. The highest BCUT2D eigenvalue weighted by atomic mass is 35.5. The van der Waals surface area contributed by atoms with Crippen LogP contribution in [0.5, 0.6) is 0 Å². The average molecular weight is 302 g/mol. The molecule has 0 saturated heterocycles. The molecular formula is C11H19ClF3N3O. The minimum atomic E-state index is -4.38. The number of rotatable bonds is 7. The van der Waals surface area contributed by atoms with Crippen molar-refractivity contribution in [1.29, 1.82) is 0 Å². The Morgan fingerprint density at radius 2 is 2.11 bits per heavy atom. The summed E-state index contributed by atoms with van der Waals surface area (Å²) in [7, 11) is 1.51. The highest BCUT2D eigenvalue weighted by Gasteiger charge is 2.34. The first-order valence-electron chi connectivity index (χ1n) is 5.83. The van der Waals surface area contributed by atoms with Gasteiger partial charge in [-0.15, -0.1) is 12.4 Å². The molecule has 112 valence electrons. The van der Waals surface area contributed by atoms with E-state index in [2.05, 4.69) is 10.4 Å². The predicted molar refractivity (Wildman–Crippen MR) is 68.3 cm³/mol. The number of hydrogen-bond donors (Lipinski definition) is 1. The zero-order valence-corrected chi connectivity index (χ0v) is 11.8. The van der Waals surface area contributed by atoms with Gasteiger partial charge in [0.05, 0.1) is 5.69 Å². The van der Waals surface area contributed by atoms with E-state index in [1.165, 1.54) is 11.7 Å². The third-order valence-electron chi connectivity index (χ3n) is 2.42. The number of aromatic nitrogens is 2. The lowest BCUT2D eigenvalue weighted by Gasteiger charge is -2.04. The Bertz CT molecular complexity index is 369. The molecular weight excluding hydrogens is 283 g/mol. The Morgan fingerprint density at radius 1 is 1.42 bits per heavy atom. The first-order valence-corrected chi connectivity index (χ1v) is 5.83. The second-order valence-electron chi connectivity index (χ2n) is 3.87. The second-order valence-corrected chi connectivity index (χ2v) is 3.87. The molecule has 4 nitrogen and oxygen atoms in total. The molecule has 0 unspecified atom stereocenters. The number of alkyl halides is 3. The largest absolute Gasteiger partial charge is 0.435 e. The van der Waals surface area contributed by atoms with Crippen LogP contribution < -0.4 is 5.32 Å². The van der Waals surface area contributed by atoms with Crippen molar-refractivity contribution in [2.24, 2.45) is 7.05 Å². The van der Waals surface area contributed by atoms with Crippen LogP contribution >= 0.6 is 12.4 Å². The highest BCUT2D eigenvalue weighted by molar-refractivity contribution is 5.85. The smallest absolute Gasteiger partial charge is 0.382 e. The third-order valence-corrected chi connectivity index (χ3v) is 2.42. The van der Waals surface area contributed by atoms with Crippen molar-refractivity contribution in [1.82, 2.24) is 15.1 Å². The van der Waals surface area contributed by atoms with Gasteiger partial charge in [-0.25, -0.2) is 0 Å². The monoisotopic (exact) mass is 301 g/mol. The summed E-state index contributed by atoms with van der Waals surface area (Å²) in [5.41, 5.74) is -0.338. The summed E-state index contributed by atoms with van der Waals surface area (Å²) in [6, 6.07) is 1.07. The maximum Gasteiger partial charge on any atom is 0.435 e. The van der Waals surface area contributed by atoms with Crippen molar-refractivity contribution in [3.8, 4) is 0 Å². The Labute approximate surface area is 116 Å². The molecule has 19 heavy (non-hydrogen) atoms. The van der Waals surface area contributed by atoms with Crippen LogP contribution in [0.2, 0.25) is 0 Å². The van der Waals surface area contributed by atoms with Gasteiger partial charge in [-0.05, 0) is 26.0 Å². The molecule has 8 heteroatoms. The van der Waals surface area contributed by atoms with Gasteiger partial charge in [0.1, 0.15) is 0 Å². The zero-order chi connectivity index (χ0) is 13.6. The van der Waals surface area contributed by atoms with Crippen molar-refractivity contribution >= 4 is 12.4 Å². The third kappa shape index (κ3) is 6.26. The van der Waals surface area contributed by atoms with Gasteiger partial charge < -0.3 is 10.1 Å². The molecule has 1 aromatic heterocycles. The van der Waals surface area contributed by atoms with E-state index in [4.69, 9.17) is 4.74 Å². The maximum atomic E-state index is 12.4. The summed E-state index contributed by atoms with van der Waals surface area (Å²) in [4.78, 5) is 0. The molecule has 0 fully saturated rings. The van der Waals surface area contributed by atoms with Gasteiger partial charge in [0, 0.05) is 26.8 Å². The Kier molecular flexibility index (Phi) is 8.05. The minimum absolute atomic E-state index is 0. The van der Waals surface area contributed by atoms with E-state index < -0.39 is 11.9 Å². The van der Waals surface area contributed by atoms with Crippen molar-refractivity contribution < 1.29 is 17.9 Å². The van der Waals surface area contributed by atoms with Crippen LogP contribution in [-0.2, 0) is 24.5 Å². The number of nitrogens with one attached hydrogen (secondary N) is 1. The minimum Gasteiger partial charge on any atom is -0.382 e. The van der Waals surface area contributed by atoms with Crippen molar-refractivity contribution in [3.05, 3.63) is 17.5 Å². The molecule has 1 rings (SSSR count). The maximum absolute atomic E-state index is 12.4. The lowest BCUT2D eigenvalue weighted by molar-refractivity contribution is -0.141. The van der Waals surface area contributed by atoms with E-state index in [0.717, 1.165) is 12.5 Å². The Hall–Kier alpha value is -0.790. The van der Waals surface area contributed by atoms with E-state index in [1.54, 1.807) is 0 Å². The SMILES string of the molecule is CCOCCCNCc1cc(C(F)(F)F)nn1C.Cl. The van der Waals surface area contributed by atoms with Crippen molar-refractivity contribution in [2.75, 3.05) is 19.8 Å². The van der Waals surface area contributed by atoms with Gasteiger partial charge >= 0.3 is 6.18 Å². The molecule has 0 radical (unpaired) electrons. The van der Waals surface area contributed by atoms with Gasteiger partial charge in [0.25, 0.3) is 0 Å². The summed E-state index contributed by atoms with van der Waals surface area (Å²) in [6.07, 6.45) is -3.55. The van der Waals surface area contributed by atoms with Crippen LogP contribution in [0.4, 0.5) is 13.2 Å². The second kappa shape index (κ2) is 8.39. The molecule has 0 saturated carbocycles. The highest BCUT2D eigenvalue weighted by Crippen LogP contribution is 2.28.